The summed E-state index contributed by atoms with van der Waals surface area (Å²) in [4.78, 5) is 15.7. The number of hydrogen-bond donors (Lipinski definition) is 2. The number of hydrogen-bond acceptors (Lipinski definition) is 5. The number of nitrogen functional groups attached to an aromatic ring is 1. The molecule has 0 radical (unpaired) electrons. The van der Waals surface area contributed by atoms with E-state index in [1.165, 1.54) is 0 Å². The van der Waals surface area contributed by atoms with Crippen molar-refractivity contribution in [2.24, 2.45) is 0 Å². The van der Waals surface area contributed by atoms with Crippen molar-refractivity contribution in [3.05, 3.63) is 29.1 Å². The molecule has 3 aromatic rings. The van der Waals surface area contributed by atoms with Crippen molar-refractivity contribution in [2.75, 3.05) is 12.3 Å². The van der Waals surface area contributed by atoms with E-state index < -0.39 is 0 Å². The highest BCUT2D eigenvalue weighted by molar-refractivity contribution is 9.10. The summed E-state index contributed by atoms with van der Waals surface area (Å²) >= 11 is 3.40. The highest BCUT2D eigenvalue weighted by Crippen LogP contribution is 2.35. The molecule has 3 heterocycles. The van der Waals surface area contributed by atoms with E-state index in [2.05, 4.69) is 42.8 Å². The maximum Gasteiger partial charge on any atom is 0.220 e. The Balaban J connectivity index is 2.19. The minimum Gasteiger partial charge on any atom is -0.493 e. The topological polar surface area (TPSA) is 89.7 Å². The van der Waals surface area contributed by atoms with Gasteiger partial charge in [-0.1, -0.05) is 6.92 Å². The normalized spacial score (nSPS) is 11.0. The van der Waals surface area contributed by atoms with Crippen LogP contribution in [0.2, 0.25) is 0 Å². The number of aromatic nitrogens is 4. The smallest absolute Gasteiger partial charge is 0.220 e. The molecule has 0 saturated heterocycles. The lowest BCUT2D eigenvalue weighted by Crippen LogP contribution is -1.98. The van der Waals surface area contributed by atoms with Gasteiger partial charge in [-0.05, 0) is 28.4 Å². The molecule has 0 amide bonds. The molecular formula is C14H14BrN5O. The quantitative estimate of drug-likeness (QED) is 0.707. The van der Waals surface area contributed by atoms with E-state index in [-0.39, 0.29) is 5.95 Å². The molecule has 0 aliphatic rings. The van der Waals surface area contributed by atoms with Crippen molar-refractivity contribution in [3.8, 4) is 17.0 Å². The van der Waals surface area contributed by atoms with Crippen LogP contribution in [0.5, 0.6) is 5.75 Å². The van der Waals surface area contributed by atoms with Crippen molar-refractivity contribution in [2.45, 2.75) is 13.3 Å². The molecule has 3 aromatic heterocycles. The highest BCUT2D eigenvalue weighted by Gasteiger charge is 2.15. The van der Waals surface area contributed by atoms with E-state index in [1.807, 2.05) is 18.3 Å². The zero-order chi connectivity index (χ0) is 14.8. The van der Waals surface area contributed by atoms with Crippen molar-refractivity contribution < 1.29 is 4.74 Å². The zero-order valence-corrected chi connectivity index (χ0v) is 13.0. The number of anilines is 1. The van der Waals surface area contributed by atoms with Crippen molar-refractivity contribution >= 4 is 32.9 Å². The first-order chi connectivity index (χ1) is 10.2. The molecular weight excluding hydrogens is 334 g/mol. The molecule has 0 saturated carbocycles. The molecule has 0 unspecified atom stereocenters. The van der Waals surface area contributed by atoms with Gasteiger partial charge < -0.3 is 15.5 Å². The lowest BCUT2D eigenvalue weighted by atomic mass is 10.1. The minimum absolute atomic E-state index is 0.239. The van der Waals surface area contributed by atoms with Crippen LogP contribution in [0.4, 0.5) is 5.95 Å². The average Bonchev–Trinajstić information content (AvgIpc) is 2.88. The molecule has 0 aliphatic heterocycles. The van der Waals surface area contributed by atoms with Crippen LogP contribution in [-0.4, -0.2) is 26.5 Å². The number of nitrogens with one attached hydrogen (secondary N) is 1. The van der Waals surface area contributed by atoms with Gasteiger partial charge in [0.1, 0.15) is 16.0 Å². The molecule has 3 rings (SSSR count). The first-order valence-electron chi connectivity index (χ1n) is 6.58. The lowest BCUT2D eigenvalue weighted by molar-refractivity contribution is 0.321. The van der Waals surface area contributed by atoms with Crippen LogP contribution >= 0.6 is 15.9 Å². The molecule has 21 heavy (non-hydrogen) atoms. The van der Waals surface area contributed by atoms with Crippen LogP contribution in [-0.2, 0) is 0 Å². The molecule has 0 aromatic carbocycles. The second kappa shape index (κ2) is 5.69. The van der Waals surface area contributed by atoms with Crippen LogP contribution in [0.25, 0.3) is 22.3 Å². The Kier molecular flexibility index (Phi) is 3.74. The zero-order valence-electron chi connectivity index (χ0n) is 11.4. The van der Waals surface area contributed by atoms with E-state index >= 15 is 0 Å². The third kappa shape index (κ3) is 2.69. The standard InChI is InChI=1S/C14H14BrN5O/c1-2-5-21-10-6-11(15)20-13-12(10)8(7-18-13)9-3-4-17-14(16)19-9/h3-4,6-7H,2,5H2,1H3,(H,18,20)(H2,16,17,19). The van der Waals surface area contributed by atoms with Crippen LogP contribution in [0.1, 0.15) is 13.3 Å². The van der Waals surface area contributed by atoms with Crippen LogP contribution in [0, 0.1) is 0 Å². The highest BCUT2D eigenvalue weighted by atomic mass is 79.9. The van der Waals surface area contributed by atoms with Gasteiger partial charge in [0.25, 0.3) is 0 Å². The SMILES string of the molecule is CCCOc1cc(Br)nc2[nH]cc(-c3ccnc(N)n3)c12. The van der Waals surface area contributed by atoms with Gasteiger partial charge >= 0.3 is 0 Å². The first kappa shape index (κ1) is 13.8. The predicted octanol–water partition coefficient (Wildman–Crippen LogP) is 3.15. The van der Waals surface area contributed by atoms with Crippen LogP contribution in [0.3, 0.4) is 0 Å². The van der Waals surface area contributed by atoms with Crippen LogP contribution in [0.15, 0.2) is 29.1 Å². The number of halogens is 1. The summed E-state index contributed by atoms with van der Waals surface area (Å²) in [6.45, 7) is 2.71. The maximum atomic E-state index is 5.84. The summed E-state index contributed by atoms with van der Waals surface area (Å²) in [5, 5.41) is 0.893. The first-order valence-corrected chi connectivity index (χ1v) is 7.37. The van der Waals surface area contributed by atoms with Crippen molar-refractivity contribution in [1.82, 2.24) is 19.9 Å². The molecule has 6 nitrogen and oxygen atoms in total. The fraction of sp³-hybridized carbons (Fsp3) is 0.214. The monoisotopic (exact) mass is 347 g/mol. The van der Waals surface area contributed by atoms with Gasteiger partial charge in [-0.15, -0.1) is 0 Å². The molecule has 0 fully saturated rings. The Bertz CT molecular complexity index is 786. The van der Waals surface area contributed by atoms with E-state index in [9.17, 15) is 0 Å². The Morgan fingerprint density at radius 1 is 1.38 bits per heavy atom. The van der Waals surface area contributed by atoms with Crippen LogP contribution < -0.4 is 10.5 Å². The Hall–Kier alpha value is -2.15. The molecule has 0 atom stereocenters. The van der Waals surface area contributed by atoms with Crippen molar-refractivity contribution in [3.63, 3.8) is 0 Å². The van der Waals surface area contributed by atoms with E-state index in [1.54, 1.807) is 6.20 Å². The van der Waals surface area contributed by atoms with Gasteiger partial charge in [-0.3, -0.25) is 0 Å². The number of nitrogens with zero attached hydrogens (tertiary/aromatic N) is 3. The minimum atomic E-state index is 0.239. The molecule has 0 spiro atoms. The van der Waals surface area contributed by atoms with Gasteiger partial charge in [-0.2, -0.15) is 0 Å². The second-order valence-electron chi connectivity index (χ2n) is 4.52. The van der Waals surface area contributed by atoms with E-state index in [4.69, 9.17) is 10.5 Å². The summed E-state index contributed by atoms with van der Waals surface area (Å²) in [5.41, 5.74) is 8.03. The van der Waals surface area contributed by atoms with Crippen molar-refractivity contribution in [1.29, 1.82) is 0 Å². The maximum absolute atomic E-state index is 5.84. The molecule has 0 bridgehead atoms. The fourth-order valence-corrected chi connectivity index (χ4v) is 2.51. The summed E-state index contributed by atoms with van der Waals surface area (Å²) in [6.07, 6.45) is 4.42. The summed E-state index contributed by atoms with van der Waals surface area (Å²) in [6, 6.07) is 3.67. The van der Waals surface area contributed by atoms with Gasteiger partial charge in [0, 0.05) is 24.0 Å². The Morgan fingerprint density at radius 3 is 3.00 bits per heavy atom. The average molecular weight is 348 g/mol. The van der Waals surface area contributed by atoms with E-state index in [0.29, 0.717) is 6.61 Å². The number of fused-ring (bicyclic) bond motifs is 1. The summed E-state index contributed by atoms with van der Waals surface area (Å²) in [7, 11) is 0. The molecule has 3 N–H and O–H groups in total. The van der Waals surface area contributed by atoms with Gasteiger partial charge in [-0.25, -0.2) is 15.0 Å². The van der Waals surface area contributed by atoms with Gasteiger partial charge in [0.15, 0.2) is 0 Å². The third-order valence-corrected chi connectivity index (χ3v) is 3.39. The fourth-order valence-electron chi connectivity index (χ4n) is 2.12. The number of nitrogens with two attached hydrogens (primary N) is 1. The van der Waals surface area contributed by atoms with Gasteiger partial charge in [0.05, 0.1) is 17.7 Å². The molecule has 108 valence electrons. The predicted molar refractivity (Wildman–Crippen MR) is 85.0 cm³/mol. The number of aromatic amines is 1. The lowest BCUT2D eigenvalue weighted by Gasteiger charge is -2.08. The summed E-state index contributed by atoms with van der Waals surface area (Å²) < 4.78 is 6.55. The number of pyridine rings is 1. The summed E-state index contributed by atoms with van der Waals surface area (Å²) in [5.74, 6) is 1.00. The molecule has 7 heteroatoms. The number of H-pyrrole nitrogens is 1. The second-order valence-corrected chi connectivity index (χ2v) is 5.33. The van der Waals surface area contributed by atoms with Gasteiger partial charge in [0.2, 0.25) is 5.95 Å². The third-order valence-electron chi connectivity index (χ3n) is 2.99. The Labute approximate surface area is 129 Å². The molecule has 0 aliphatic carbocycles. The van der Waals surface area contributed by atoms with E-state index in [0.717, 1.165) is 39.1 Å². The number of ether oxygens (including phenoxy) is 1. The Morgan fingerprint density at radius 2 is 2.24 bits per heavy atom. The number of rotatable bonds is 4. The largest absolute Gasteiger partial charge is 0.493 e.